The number of halogens is 1. The monoisotopic (exact) mass is 549 g/mol. The first-order valence-electron chi connectivity index (χ1n) is 13.6. The van der Waals surface area contributed by atoms with E-state index in [0.717, 1.165) is 53.2 Å². The summed E-state index contributed by atoms with van der Waals surface area (Å²) >= 11 is 0. The standard InChI is InChI=1S/C30H28FN9O/c1-30(33-2)17-38(18-30)22-8-25(28-21(9-32)12-36-40(28)16-22)20-4-5-27(34-11-20)37-14-23-7-24(15-37)39(23)13-19-6-26(31)29(41-3)35-10-19/h4-6,8,10-12,16,23-24H,7,13-15,17-18H2,1,3H3. The van der Waals surface area contributed by atoms with E-state index in [4.69, 9.17) is 16.3 Å². The molecule has 4 saturated heterocycles. The van der Waals surface area contributed by atoms with Gasteiger partial charge in [0.25, 0.3) is 5.54 Å². The predicted octanol–water partition coefficient (Wildman–Crippen LogP) is 3.77. The molecule has 2 atom stereocenters. The molecule has 4 aromatic heterocycles. The van der Waals surface area contributed by atoms with Crippen LogP contribution < -0.4 is 14.5 Å². The number of nitriles is 1. The lowest BCUT2D eigenvalue weighted by atomic mass is 9.87. The lowest BCUT2D eigenvalue weighted by Crippen LogP contribution is -2.68. The molecule has 4 aliphatic heterocycles. The number of ether oxygens (including phenoxy) is 1. The predicted molar refractivity (Wildman–Crippen MR) is 151 cm³/mol. The first kappa shape index (κ1) is 25.2. The number of rotatable bonds is 6. The van der Waals surface area contributed by atoms with Gasteiger partial charge >= 0.3 is 0 Å². The highest BCUT2D eigenvalue weighted by Gasteiger charge is 2.46. The zero-order valence-corrected chi connectivity index (χ0v) is 22.8. The Bertz CT molecular complexity index is 1720. The number of fused-ring (bicyclic) bond motifs is 3. The highest BCUT2D eigenvalue weighted by molar-refractivity contribution is 5.86. The van der Waals surface area contributed by atoms with Gasteiger partial charge in [-0.3, -0.25) is 4.90 Å². The fourth-order valence-electron chi connectivity index (χ4n) is 6.39. The Kier molecular flexibility index (Phi) is 5.80. The van der Waals surface area contributed by atoms with Crippen LogP contribution in [0.2, 0.25) is 0 Å². The van der Waals surface area contributed by atoms with Crippen LogP contribution in [0.4, 0.5) is 15.9 Å². The second kappa shape index (κ2) is 9.43. The number of hydrogen-bond donors (Lipinski definition) is 0. The maximum Gasteiger partial charge on any atom is 0.264 e. The van der Waals surface area contributed by atoms with E-state index in [-0.39, 0.29) is 11.4 Å². The smallest absolute Gasteiger partial charge is 0.264 e. The molecule has 8 heterocycles. The number of pyridine rings is 3. The van der Waals surface area contributed by atoms with E-state index < -0.39 is 5.82 Å². The fraction of sp³-hybridized carbons (Fsp3) is 0.367. The molecule has 206 valence electrons. The summed E-state index contributed by atoms with van der Waals surface area (Å²) in [4.78, 5) is 19.6. The van der Waals surface area contributed by atoms with Crippen LogP contribution in [-0.2, 0) is 6.54 Å². The van der Waals surface area contributed by atoms with Crippen molar-refractivity contribution in [1.82, 2.24) is 24.5 Å². The molecule has 0 radical (unpaired) electrons. The summed E-state index contributed by atoms with van der Waals surface area (Å²) in [6.45, 7) is 13.1. The number of aromatic nitrogens is 4. The van der Waals surface area contributed by atoms with Crippen LogP contribution in [0.5, 0.6) is 5.88 Å². The molecule has 10 nitrogen and oxygen atoms in total. The zero-order valence-electron chi connectivity index (χ0n) is 22.8. The molecule has 11 heteroatoms. The molecule has 0 N–H and O–H groups in total. The summed E-state index contributed by atoms with van der Waals surface area (Å²) < 4.78 is 20.8. The fourth-order valence-corrected chi connectivity index (χ4v) is 6.39. The van der Waals surface area contributed by atoms with Gasteiger partial charge < -0.3 is 19.4 Å². The Hall–Kier alpha value is -4.74. The molecule has 4 aliphatic rings. The second-order valence-corrected chi connectivity index (χ2v) is 11.4. The number of piperazine rings is 1. The Morgan fingerprint density at radius 2 is 1.95 bits per heavy atom. The summed E-state index contributed by atoms with van der Waals surface area (Å²) in [5, 5.41) is 14.2. The first-order chi connectivity index (χ1) is 19.9. The highest BCUT2D eigenvalue weighted by Crippen LogP contribution is 2.38. The number of methoxy groups -OCH3 is 1. The minimum absolute atomic E-state index is 0.0198. The van der Waals surface area contributed by atoms with Crippen molar-refractivity contribution < 1.29 is 9.13 Å². The van der Waals surface area contributed by atoms with Gasteiger partial charge in [0, 0.05) is 62.2 Å². The normalized spacial score (nSPS) is 21.1. The van der Waals surface area contributed by atoms with E-state index in [1.807, 2.05) is 25.4 Å². The Morgan fingerprint density at radius 1 is 1.15 bits per heavy atom. The van der Waals surface area contributed by atoms with Crippen molar-refractivity contribution in [2.45, 2.75) is 37.5 Å². The Morgan fingerprint density at radius 3 is 2.61 bits per heavy atom. The van der Waals surface area contributed by atoms with Gasteiger partial charge in [0.2, 0.25) is 5.88 Å². The van der Waals surface area contributed by atoms with E-state index in [2.05, 4.69) is 47.8 Å². The van der Waals surface area contributed by atoms with E-state index >= 15 is 0 Å². The molecule has 41 heavy (non-hydrogen) atoms. The van der Waals surface area contributed by atoms with Gasteiger partial charge in [-0.2, -0.15) is 10.4 Å². The van der Waals surface area contributed by atoms with E-state index in [0.29, 0.717) is 37.3 Å². The van der Waals surface area contributed by atoms with Crippen molar-refractivity contribution in [1.29, 1.82) is 5.26 Å². The molecule has 0 aliphatic carbocycles. The summed E-state index contributed by atoms with van der Waals surface area (Å²) in [7, 11) is 1.42. The van der Waals surface area contributed by atoms with E-state index in [1.165, 1.54) is 13.2 Å². The average molecular weight is 550 g/mol. The highest BCUT2D eigenvalue weighted by atomic mass is 19.1. The average Bonchev–Trinajstić information content (AvgIpc) is 3.41. The van der Waals surface area contributed by atoms with Gasteiger partial charge in [-0.25, -0.2) is 25.4 Å². The third-order valence-electron chi connectivity index (χ3n) is 8.57. The molecule has 0 saturated carbocycles. The van der Waals surface area contributed by atoms with Gasteiger partial charge in [-0.1, -0.05) is 0 Å². The minimum Gasteiger partial charge on any atom is -0.479 e. The molecule has 0 aromatic carbocycles. The molecule has 4 aromatic rings. The summed E-state index contributed by atoms with van der Waals surface area (Å²) in [5.41, 5.74) is 4.49. The molecule has 4 fully saturated rings. The maximum absolute atomic E-state index is 14.1. The van der Waals surface area contributed by atoms with Crippen molar-refractivity contribution in [2.24, 2.45) is 0 Å². The SMILES string of the molecule is [C-]#[N+]C1(C)CN(c2cc(-c3ccc(N4CC5CC(C4)N5Cc4cnc(OC)c(F)c4)nc3)c3c(C#N)cnn3c2)C1. The molecular weight excluding hydrogens is 521 g/mol. The van der Waals surface area contributed by atoms with Crippen molar-refractivity contribution >= 4 is 17.0 Å². The number of nitrogens with zero attached hydrogens (tertiary/aromatic N) is 9. The number of hydrogen-bond acceptors (Lipinski definition) is 8. The zero-order chi connectivity index (χ0) is 28.3. The number of anilines is 2. The maximum atomic E-state index is 14.1. The van der Waals surface area contributed by atoms with Crippen molar-refractivity contribution in [3.8, 4) is 23.1 Å². The van der Waals surface area contributed by atoms with Crippen LogP contribution in [0, 0.1) is 23.7 Å². The minimum atomic E-state index is -0.436. The van der Waals surface area contributed by atoms with Crippen LogP contribution in [-0.4, -0.2) is 75.4 Å². The van der Waals surface area contributed by atoms with Crippen LogP contribution in [0.15, 0.2) is 49.1 Å². The third kappa shape index (κ3) is 4.21. The van der Waals surface area contributed by atoms with Crippen molar-refractivity contribution in [2.75, 3.05) is 43.1 Å². The molecule has 0 amide bonds. The second-order valence-electron chi connectivity index (χ2n) is 11.4. The van der Waals surface area contributed by atoms with Crippen molar-refractivity contribution in [3.63, 3.8) is 0 Å². The third-order valence-corrected chi connectivity index (χ3v) is 8.57. The lowest BCUT2D eigenvalue weighted by Gasteiger charge is -2.56. The van der Waals surface area contributed by atoms with Gasteiger partial charge in [-0.15, -0.1) is 0 Å². The molecule has 0 spiro atoms. The van der Waals surface area contributed by atoms with Crippen LogP contribution >= 0.6 is 0 Å². The van der Waals surface area contributed by atoms with Gasteiger partial charge in [0.1, 0.15) is 11.9 Å². The molecule has 8 rings (SSSR count). The summed E-state index contributed by atoms with van der Waals surface area (Å²) in [6, 6.07) is 10.7. The van der Waals surface area contributed by atoms with Crippen LogP contribution in [0.1, 0.15) is 24.5 Å². The Balaban J connectivity index is 1.10. The van der Waals surface area contributed by atoms with E-state index in [9.17, 15) is 9.65 Å². The molecule has 2 bridgehead atoms. The van der Waals surface area contributed by atoms with E-state index in [1.54, 1.807) is 16.9 Å². The quantitative estimate of drug-likeness (QED) is 0.336. The van der Waals surface area contributed by atoms with Gasteiger partial charge in [0.05, 0.1) is 49.4 Å². The van der Waals surface area contributed by atoms with Crippen molar-refractivity contribution in [3.05, 3.63) is 77.4 Å². The molecular formula is C30H28FN9O. The summed E-state index contributed by atoms with van der Waals surface area (Å²) in [6.07, 6.45) is 8.18. The number of piperidine rings is 1. The molecule has 2 unspecified atom stereocenters. The topological polar surface area (TPSA) is 90.2 Å². The largest absolute Gasteiger partial charge is 0.479 e. The lowest BCUT2D eigenvalue weighted by molar-refractivity contribution is -0.00884. The van der Waals surface area contributed by atoms with Gasteiger partial charge in [0.15, 0.2) is 5.82 Å². The van der Waals surface area contributed by atoms with Crippen LogP contribution in [0.3, 0.4) is 0 Å². The first-order valence-corrected chi connectivity index (χ1v) is 13.6. The van der Waals surface area contributed by atoms with Gasteiger partial charge in [-0.05, 0) is 36.2 Å². The van der Waals surface area contributed by atoms with Crippen LogP contribution in [0.25, 0.3) is 21.5 Å². The Labute approximate surface area is 237 Å². The summed E-state index contributed by atoms with van der Waals surface area (Å²) in [5.74, 6) is 0.498.